The van der Waals surface area contributed by atoms with E-state index in [2.05, 4.69) is 35.0 Å². The summed E-state index contributed by atoms with van der Waals surface area (Å²) < 4.78 is 1.87. The first-order valence-corrected chi connectivity index (χ1v) is 9.58. The first kappa shape index (κ1) is 17.1. The Morgan fingerprint density at radius 2 is 1.96 bits per heavy atom. The van der Waals surface area contributed by atoms with E-state index in [0.717, 1.165) is 33.6 Å². The molecule has 3 heterocycles. The van der Waals surface area contributed by atoms with Crippen molar-refractivity contribution in [3.8, 4) is 11.3 Å². The fourth-order valence-corrected chi connectivity index (χ4v) is 3.97. The molecule has 0 bridgehead atoms. The molecule has 4 rings (SSSR count). The third kappa shape index (κ3) is 3.22. The monoisotopic (exact) mass is 383 g/mol. The summed E-state index contributed by atoms with van der Waals surface area (Å²) in [7, 11) is 0. The van der Waals surface area contributed by atoms with Gasteiger partial charge >= 0.3 is 0 Å². The predicted molar refractivity (Wildman–Crippen MR) is 106 cm³/mol. The number of aryl methyl sites for hydroxylation is 2. The van der Waals surface area contributed by atoms with E-state index in [1.165, 1.54) is 5.56 Å². The van der Waals surface area contributed by atoms with E-state index in [9.17, 15) is 0 Å². The Bertz CT molecular complexity index is 1080. The first-order valence-electron chi connectivity index (χ1n) is 8.32. The molecule has 0 fully saturated rings. The molecule has 1 unspecified atom stereocenters. The number of benzene rings is 1. The normalized spacial score (nSPS) is 12.6. The van der Waals surface area contributed by atoms with Gasteiger partial charge in [0.25, 0.3) is 0 Å². The zero-order valence-electron chi connectivity index (χ0n) is 14.7. The number of H-pyrrole nitrogens is 1. The number of thioether (sulfide) groups is 1. The molecule has 0 spiro atoms. The Labute approximate surface area is 160 Å². The van der Waals surface area contributed by atoms with Crippen LogP contribution >= 0.6 is 23.4 Å². The molecule has 0 aliphatic carbocycles. The summed E-state index contributed by atoms with van der Waals surface area (Å²) in [5.74, 6) is 0.872. The summed E-state index contributed by atoms with van der Waals surface area (Å²) in [6.45, 7) is 6.19. The van der Waals surface area contributed by atoms with Gasteiger partial charge in [0.1, 0.15) is 5.82 Å². The third-order valence-corrected chi connectivity index (χ3v) is 5.45. The first-order chi connectivity index (χ1) is 12.5. The second kappa shape index (κ2) is 6.78. The van der Waals surface area contributed by atoms with Gasteiger partial charge in [0.15, 0.2) is 5.65 Å². The van der Waals surface area contributed by atoms with Crippen LogP contribution in [0, 0.1) is 13.8 Å². The highest BCUT2D eigenvalue weighted by Crippen LogP contribution is 2.33. The maximum Gasteiger partial charge on any atom is 0.210 e. The van der Waals surface area contributed by atoms with E-state index in [-0.39, 0.29) is 5.25 Å². The lowest BCUT2D eigenvalue weighted by Gasteiger charge is -2.04. The van der Waals surface area contributed by atoms with E-state index >= 15 is 0 Å². The highest BCUT2D eigenvalue weighted by molar-refractivity contribution is 7.99. The quantitative estimate of drug-likeness (QED) is 0.489. The molecule has 0 saturated carbocycles. The van der Waals surface area contributed by atoms with E-state index in [1.807, 2.05) is 48.0 Å². The lowest BCUT2D eigenvalue weighted by atomic mass is 10.2. The fourth-order valence-electron chi connectivity index (χ4n) is 2.91. The average molecular weight is 384 g/mol. The molecule has 1 N–H and O–H groups in total. The van der Waals surface area contributed by atoms with E-state index in [4.69, 9.17) is 16.6 Å². The molecule has 0 radical (unpaired) electrons. The SMILES string of the molecule is Cc1cc(C)n2nc(SC(C)c3nc(-c4ccccc4Cl)c[nH]3)nc2c1. The summed E-state index contributed by atoms with van der Waals surface area (Å²) in [5, 5.41) is 6.12. The largest absolute Gasteiger partial charge is 0.347 e. The number of aromatic amines is 1. The van der Waals surface area contributed by atoms with Crippen molar-refractivity contribution in [3.05, 3.63) is 64.7 Å². The van der Waals surface area contributed by atoms with Crippen LogP contribution in [0.15, 0.2) is 47.8 Å². The molecule has 0 saturated heterocycles. The molecule has 132 valence electrons. The molecule has 26 heavy (non-hydrogen) atoms. The Hall–Kier alpha value is -2.31. The molecule has 7 heteroatoms. The van der Waals surface area contributed by atoms with E-state index in [1.54, 1.807) is 11.8 Å². The van der Waals surface area contributed by atoms with Gasteiger partial charge in [-0.2, -0.15) is 0 Å². The van der Waals surface area contributed by atoms with Gasteiger partial charge in [-0.15, -0.1) is 5.10 Å². The molecular formula is C19H18ClN5S. The van der Waals surface area contributed by atoms with Crippen LogP contribution in [-0.4, -0.2) is 24.6 Å². The maximum atomic E-state index is 6.27. The number of rotatable bonds is 4. The van der Waals surface area contributed by atoms with Gasteiger partial charge < -0.3 is 4.98 Å². The number of hydrogen-bond donors (Lipinski definition) is 1. The number of fused-ring (bicyclic) bond motifs is 1. The molecule has 0 aliphatic rings. The second-order valence-corrected chi connectivity index (χ2v) is 7.96. The van der Waals surface area contributed by atoms with Gasteiger partial charge in [-0.3, -0.25) is 0 Å². The van der Waals surface area contributed by atoms with Crippen molar-refractivity contribution in [1.82, 2.24) is 24.6 Å². The van der Waals surface area contributed by atoms with Crippen molar-refractivity contribution in [1.29, 1.82) is 0 Å². The van der Waals surface area contributed by atoms with Gasteiger partial charge in [-0.1, -0.05) is 41.6 Å². The molecular weight excluding hydrogens is 366 g/mol. The van der Waals surface area contributed by atoms with Gasteiger partial charge in [-0.05, 0) is 44.5 Å². The van der Waals surface area contributed by atoms with Crippen molar-refractivity contribution in [3.63, 3.8) is 0 Å². The second-order valence-electron chi connectivity index (χ2n) is 6.25. The van der Waals surface area contributed by atoms with Crippen LogP contribution in [0.4, 0.5) is 0 Å². The van der Waals surface area contributed by atoms with Crippen LogP contribution in [0.1, 0.15) is 29.3 Å². The number of nitrogens with one attached hydrogen (secondary N) is 1. The standard InChI is InChI=1S/C19H18ClN5S/c1-11-8-12(2)25-17(9-11)23-19(24-25)26-13(3)18-21-10-16(22-18)14-6-4-5-7-15(14)20/h4-10,13H,1-3H3,(H,21,22). The molecule has 3 aromatic heterocycles. The number of pyridine rings is 1. The molecule has 5 nitrogen and oxygen atoms in total. The molecule has 1 atom stereocenters. The Balaban J connectivity index is 1.58. The zero-order chi connectivity index (χ0) is 18.3. The number of imidazole rings is 1. The minimum Gasteiger partial charge on any atom is -0.347 e. The topological polar surface area (TPSA) is 58.9 Å². The Morgan fingerprint density at radius 3 is 2.77 bits per heavy atom. The van der Waals surface area contributed by atoms with Crippen molar-refractivity contribution in [2.24, 2.45) is 0 Å². The number of aromatic nitrogens is 5. The van der Waals surface area contributed by atoms with Gasteiger partial charge in [0, 0.05) is 17.5 Å². The van der Waals surface area contributed by atoms with Crippen LogP contribution in [0.3, 0.4) is 0 Å². The lowest BCUT2D eigenvalue weighted by molar-refractivity contribution is 0.849. The van der Waals surface area contributed by atoms with Crippen LogP contribution in [0.5, 0.6) is 0 Å². The number of nitrogens with zero attached hydrogens (tertiary/aromatic N) is 4. The van der Waals surface area contributed by atoms with Crippen molar-refractivity contribution < 1.29 is 0 Å². The minimum atomic E-state index is 0.0880. The van der Waals surface area contributed by atoms with E-state index < -0.39 is 0 Å². The van der Waals surface area contributed by atoms with Crippen molar-refractivity contribution in [2.75, 3.05) is 0 Å². The van der Waals surface area contributed by atoms with Crippen LogP contribution in [0.2, 0.25) is 5.02 Å². The summed E-state index contributed by atoms with van der Waals surface area (Å²) in [6, 6.07) is 11.8. The van der Waals surface area contributed by atoms with Crippen LogP contribution < -0.4 is 0 Å². The van der Waals surface area contributed by atoms with Gasteiger partial charge in [0.2, 0.25) is 5.16 Å². The Morgan fingerprint density at radius 1 is 1.15 bits per heavy atom. The number of halogens is 1. The summed E-state index contributed by atoms with van der Waals surface area (Å²) in [6.07, 6.45) is 1.89. The zero-order valence-corrected chi connectivity index (χ0v) is 16.3. The molecule has 0 aliphatic heterocycles. The van der Waals surface area contributed by atoms with E-state index in [0.29, 0.717) is 5.02 Å². The predicted octanol–water partition coefficient (Wildman–Crippen LogP) is 5.24. The molecule has 0 amide bonds. The summed E-state index contributed by atoms with van der Waals surface area (Å²) in [5.41, 5.74) is 4.89. The highest BCUT2D eigenvalue weighted by atomic mass is 35.5. The fraction of sp³-hybridized carbons (Fsp3) is 0.211. The summed E-state index contributed by atoms with van der Waals surface area (Å²) >= 11 is 7.85. The lowest BCUT2D eigenvalue weighted by Crippen LogP contribution is -1.95. The maximum absolute atomic E-state index is 6.27. The Kier molecular flexibility index (Phi) is 4.46. The molecule has 4 aromatic rings. The van der Waals surface area contributed by atoms with Gasteiger partial charge in [-0.25, -0.2) is 14.5 Å². The van der Waals surface area contributed by atoms with Crippen LogP contribution in [-0.2, 0) is 0 Å². The summed E-state index contributed by atoms with van der Waals surface area (Å²) in [4.78, 5) is 12.6. The number of hydrogen-bond acceptors (Lipinski definition) is 4. The molecule has 1 aromatic carbocycles. The minimum absolute atomic E-state index is 0.0880. The van der Waals surface area contributed by atoms with Crippen molar-refractivity contribution >= 4 is 29.0 Å². The average Bonchev–Trinajstić information content (AvgIpc) is 3.22. The van der Waals surface area contributed by atoms with Gasteiger partial charge in [0.05, 0.1) is 16.0 Å². The highest BCUT2D eigenvalue weighted by Gasteiger charge is 2.16. The van der Waals surface area contributed by atoms with Crippen LogP contribution in [0.25, 0.3) is 16.9 Å². The third-order valence-electron chi connectivity index (χ3n) is 4.15. The smallest absolute Gasteiger partial charge is 0.210 e. The van der Waals surface area contributed by atoms with Crippen molar-refractivity contribution in [2.45, 2.75) is 31.2 Å².